The lowest BCUT2D eigenvalue weighted by Gasteiger charge is -2.36. The molecule has 0 aliphatic carbocycles. The molecule has 0 aromatic heterocycles. The summed E-state index contributed by atoms with van der Waals surface area (Å²) < 4.78 is 0. The van der Waals surface area contributed by atoms with Crippen molar-refractivity contribution < 1.29 is 9.90 Å². The average molecular weight is 311 g/mol. The van der Waals surface area contributed by atoms with Crippen LogP contribution in [0, 0.1) is 0 Å². The first-order valence-corrected chi connectivity index (χ1v) is 7.67. The summed E-state index contributed by atoms with van der Waals surface area (Å²) in [5.74, 6) is 0.0940. The first-order chi connectivity index (χ1) is 9.85. The fraction of sp³-hybridized carbons (Fsp3) is 0.562. The Morgan fingerprint density at radius 2 is 2.10 bits per heavy atom. The highest BCUT2D eigenvalue weighted by molar-refractivity contribution is 6.30. The van der Waals surface area contributed by atoms with E-state index in [2.05, 4.69) is 4.90 Å². The maximum atomic E-state index is 12.3. The van der Waals surface area contributed by atoms with Crippen molar-refractivity contribution in [3.63, 3.8) is 0 Å². The lowest BCUT2D eigenvalue weighted by Crippen LogP contribution is -2.46. The van der Waals surface area contributed by atoms with Gasteiger partial charge in [0.2, 0.25) is 5.91 Å². The molecule has 21 heavy (non-hydrogen) atoms. The number of amides is 1. The summed E-state index contributed by atoms with van der Waals surface area (Å²) in [5, 5.41) is 10.6. The van der Waals surface area contributed by atoms with Crippen molar-refractivity contribution in [1.82, 2.24) is 9.80 Å². The summed E-state index contributed by atoms with van der Waals surface area (Å²) in [5.41, 5.74) is 0.451. The second kappa shape index (κ2) is 6.77. The molecular weight excluding hydrogens is 288 g/mol. The number of benzene rings is 1. The van der Waals surface area contributed by atoms with Crippen molar-refractivity contribution in [1.29, 1.82) is 0 Å². The van der Waals surface area contributed by atoms with Gasteiger partial charge in [-0.1, -0.05) is 23.7 Å². The largest absolute Gasteiger partial charge is 0.390 e. The first-order valence-electron chi connectivity index (χ1n) is 7.29. The van der Waals surface area contributed by atoms with Gasteiger partial charge < -0.3 is 10.0 Å². The average Bonchev–Trinajstić information content (AvgIpc) is 2.41. The van der Waals surface area contributed by atoms with Crippen molar-refractivity contribution in [3.8, 4) is 0 Å². The van der Waals surface area contributed by atoms with E-state index in [9.17, 15) is 9.90 Å². The Labute approximate surface area is 131 Å². The lowest BCUT2D eigenvalue weighted by molar-refractivity contribution is -0.132. The number of aliphatic hydroxyl groups is 1. The molecule has 0 saturated carbocycles. The van der Waals surface area contributed by atoms with Crippen LogP contribution in [0.1, 0.15) is 25.3 Å². The topological polar surface area (TPSA) is 43.8 Å². The molecule has 5 heteroatoms. The first kappa shape index (κ1) is 16.3. The number of hydrogen-bond donors (Lipinski definition) is 1. The molecule has 116 valence electrons. The number of carbonyl (C=O) groups excluding carboxylic acids is 1. The predicted molar refractivity (Wildman–Crippen MR) is 84.2 cm³/mol. The molecule has 0 unspecified atom stereocenters. The lowest BCUT2D eigenvalue weighted by atomic mass is 9.94. The van der Waals surface area contributed by atoms with Gasteiger partial charge >= 0.3 is 0 Å². The van der Waals surface area contributed by atoms with Crippen molar-refractivity contribution in [3.05, 3.63) is 34.9 Å². The molecule has 0 radical (unpaired) electrons. The van der Waals surface area contributed by atoms with Gasteiger partial charge in [-0.15, -0.1) is 0 Å². The number of piperidine rings is 1. The molecule has 1 aromatic carbocycles. The predicted octanol–water partition coefficient (Wildman–Crippen LogP) is 2.15. The fourth-order valence-corrected chi connectivity index (χ4v) is 2.72. The Morgan fingerprint density at radius 3 is 2.71 bits per heavy atom. The number of halogens is 1. The molecule has 1 N–H and O–H groups in total. The Morgan fingerprint density at radius 1 is 1.43 bits per heavy atom. The number of carbonyl (C=O) groups is 1. The van der Waals surface area contributed by atoms with Crippen LogP contribution in [0.3, 0.4) is 0 Å². The Bertz CT molecular complexity index is 495. The van der Waals surface area contributed by atoms with E-state index in [0.717, 1.165) is 31.5 Å². The summed E-state index contributed by atoms with van der Waals surface area (Å²) in [6, 6.07) is 7.56. The summed E-state index contributed by atoms with van der Waals surface area (Å²) in [4.78, 5) is 16.1. The van der Waals surface area contributed by atoms with E-state index in [4.69, 9.17) is 11.6 Å². The minimum absolute atomic E-state index is 0.0940. The van der Waals surface area contributed by atoms with Gasteiger partial charge in [-0.2, -0.15) is 0 Å². The summed E-state index contributed by atoms with van der Waals surface area (Å²) in [6.45, 7) is 4.36. The van der Waals surface area contributed by atoms with Crippen LogP contribution in [0.4, 0.5) is 0 Å². The smallest absolute Gasteiger partial charge is 0.236 e. The van der Waals surface area contributed by atoms with Gasteiger partial charge in [0, 0.05) is 31.7 Å². The van der Waals surface area contributed by atoms with E-state index in [1.807, 2.05) is 38.2 Å². The highest BCUT2D eigenvalue weighted by atomic mass is 35.5. The van der Waals surface area contributed by atoms with E-state index in [0.29, 0.717) is 18.1 Å². The third-order valence-electron chi connectivity index (χ3n) is 4.03. The van der Waals surface area contributed by atoms with Crippen LogP contribution < -0.4 is 0 Å². The third kappa shape index (κ3) is 4.99. The molecule has 1 aromatic rings. The quantitative estimate of drug-likeness (QED) is 0.926. The van der Waals surface area contributed by atoms with Crippen molar-refractivity contribution in [2.24, 2.45) is 0 Å². The van der Waals surface area contributed by atoms with Crippen molar-refractivity contribution in [2.75, 3.05) is 26.7 Å². The third-order valence-corrected chi connectivity index (χ3v) is 4.26. The molecule has 1 heterocycles. The molecule has 0 spiro atoms. The van der Waals surface area contributed by atoms with Crippen LogP contribution in [-0.2, 0) is 11.3 Å². The van der Waals surface area contributed by atoms with Gasteiger partial charge in [0.25, 0.3) is 0 Å². The Hall–Kier alpha value is -1.10. The van der Waals surface area contributed by atoms with Crippen LogP contribution in [0.5, 0.6) is 0 Å². The standard InChI is InChI=1S/C16H23ClN2O2/c1-16(21)6-8-19(9-7-16)12-15(20)18(2)11-13-4-3-5-14(17)10-13/h3-5,10,21H,6-9,11-12H2,1-2H3. The van der Waals surface area contributed by atoms with Crippen molar-refractivity contribution >= 4 is 17.5 Å². The van der Waals surface area contributed by atoms with Crippen LogP contribution in [0.15, 0.2) is 24.3 Å². The van der Waals surface area contributed by atoms with Crippen LogP contribution in [0.25, 0.3) is 0 Å². The van der Waals surface area contributed by atoms with Gasteiger partial charge in [-0.3, -0.25) is 9.69 Å². The number of likely N-dealkylation sites (N-methyl/N-ethyl adjacent to an activating group) is 1. The van der Waals surface area contributed by atoms with Gasteiger partial charge in [0.1, 0.15) is 0 Å². The summed E-state index contributed by atoms with van der Waals surface area (Å²) >= 11 is 5.95. The monoisotopic (exact) mass is 310 g/mol. The zero-order valence-electron chi connectivity index (χ0n) is 12.7. The maximum Gasteiger partial charge on any atom is 0.236 e. The molecule has 1 amide bonds. The van der Waals surface area contributed by atoms with E-state index < -0.39 is 5.60 Å². The molecule has 0 atom stereocenters. The normalized spacial score (nSPS) is 18.5. The minimum atomic E-state index is -0.577. The number of nitrogens with zero attached hydrogens (tertiary/aromatic N) is 2. The Kier molecular flexibility index (Phi) is 5.25. The second-order valence-electron chi connectivity index (χ2n) is 6.15. The van der Waals surface area contributed by atoms with Crippen LogP contribution in [0.2, 0.25) is 5.02 Å². The molecule has 1 aliphatic heterocycles. The van der Waals surface area contributed by atoms with Gasteiger partial charge in [0.15, 0.2) is 0 Å². The molecule has 1 fully saturated rings. The maximum absolute atomic E-state index is 12.3. The highest BCUT2D eigenvalue weighted by Gasteiger charge is 2.28. The summed E-state index contributed by atoms with van der Waals surface area (Å²) in [7, 11) is 1.81. The molecule has 1 saturated heterocycles. The highest BCUT2D eigenvalue weighted by Crippen LogP contribution is 2.21. The SMILES string of the molecule is CN(Cc1cccc(Cl)c1)C(=O)CN1CCC(C)(O)CC1. The fourth-order valence-electron chi connectivity index (χ4n) is 2.50. The number of hydrogen-bond acceptors (Lipinski definition) is 3. The molecule has 0 bridgehead atoms. The minimum Gasteiger partial charge on any atom is -0.390 e. The van der Waals surface area contributed by atoms with Gasteiger partial charge in [-0.25, -0.2) is 0 Å². The van der Waals surface area contributed by atoms with E-state index in [-0.39, 0.29) is 5.91 Å². The molecule has 4 nitrogen and oxygen atoms in total. The number of rotatable bonds is 4. The van der Waals surface area contributed by atoms with E-state index >= 15 is 0 Å². The zero-order chi connectivity index (χ0) is 15.5. The molecule has 2 rings (SSSR count). The van der Waals surface area contributed by atoms with Gasteiger partial charge in [-0.05, 0) is 37.5 Å². The number of likely N-dealkylation sites (tertiary alicyclic amines) is 1. The van der Waals surface area contributed by atoms with Gasteiger partial charge in [0.05, 0.1) is 12.1 Å². The van der Waals surface area contributed by atoms with E-state index in [1.165, 1.54) is 0 Å². The van der Waals surface area contributed by atoms with Crippen LogP contribution in [-0.4, -0.2) is 53.1 Å². The molecule has 1 aliphatic rings. The van der Waals surface area contributed by atoms with Crippen LogP contribution >= 0.6 is 11.6 Å². The Balaban J connectivity index is 1.83. The van der Waals surface area contributed by atoms with Crippen molar-refractivity contribution in [2.45, 2.75) is 31.9 Å². The summed E-state index contributed by atoms with van der Waals surface area (Å²) in [6.07, 6.45) is 1.44. The second-order valence-corrected chi connectivity index (χ2v) is 6.59. The molecular formula is C16H23ClN2O2. The van der Waals surface area contributed by atoms with E-state index in [1.54, 1.807) is 4.90 Å². The zero-order valence-corrected chi connectivity index (χ0v) is 13.4.